The van der Waals surface area contributed by atoms with E-state index in [-0.39, 0.29) is 11.2 Å². The molecule has 3 rings (SSSR count). The zero-order valence-corrected chi connectivity index (χ0v) is 14.3. The fraction of sp³-hybridized carbons (Fsp3) is 0.389. The van der Waals surface area contributed by atoms with Crippen LogP contribution in [-0.2, 0) is 9.31 Å². The van der Waals surface area contributed by atoms with Gasteiger partial charge in [0.05, 0.1) is 23.9 Å². The number of nitrogens with zero attached hydrogens (tertiary/aromatic N) is 1. The van der Waals surface area contributed by atoms with Crippen LogP contribution in [0.2, 0.25) is 0 Å². The summed E-state index contributed by atoms with van der Waals surface area (Å²) in [5.41, 5.74) is 2.23. The highest BCUT2D eigenvalue weighted by molar-refractivity contribution is 6.61. The van der Waals surface area contributed by atoms with Crippen LogP contribution >= 0.6 is 0 Å². The molecule has 2 heterocycles. The number of benzene rings is 1. The lowest BCUT2D eigenvalue weighted by atomic mass is 9.84. The van der Waals surface area contributed by atoms with E-state index < -0.39 is 7.12 Å². The van der Waals surface area contributed by atoms with Crippen LogP contribution in [0.1, 0.15) is 27.7 Å². The van der Waals surface area contributed by atoms with E-state index in [2.05, 4.69) is 4.98 Å². The van der Waals surface area contributed by atoms with Crippen LogP contribution in [0.3, 0.4) is 0 Å². The first-order chi connectivity index (χ1) is 10.8. The molecule has 2 aromatic rings. The quantitative estimate of drug-likeness (QED) is 0.817. The Morgan fingerprint density at radius 3 is 1.91 bits per heavy atom. The molecule has 0 amide bonds. The van der Waals surface area contributed by atoms with Gasteiger partial charge in [-0.1, -0.05) is 18.2 Å². The van der Waals surface area contributed by atoms with Crippen LogP contribution in [-0.4, -0.2) is 30.4 Å². The molecule has 5 heteroatoms. The third-order valence-electron chi connectivity index (χ3n) is 4.70. The van der Waals surface area contributed by atoms with Crippen molar-refractivity contribution in [1.29, 1.82) is 0 Å². The van der Waals surface area contributed by atoms with Crippen molar-refractivity contribution in [2.75, 3.05) is 7.11 Å². The third kappa shape index (κ3) is 2.99. The van der Waals surface area contributed by atoms with E-state index in [1.54, 1.807) is 7.11 Å². The summed E-state index contributed by atoms with van der Waals surface area (Å²) in [4.78, 5) is 4.53. The standard InChI is InChI=1S/C18H22BNO3/c1-17(2)18(3,4)23-19(22-17)16-11-8-14(12-20-16)13-6-9-15(21-5)10-7-13/h6-12H,1-5H3. The zero-order chi connectivity index (χ0) is 16.7. The van der Waals surface area contributed by atoms with E-state index in [9.17, 15) is 0 Å². The molecule has 4 nitrogen and oxygen atoms in total. The topological polar surface area (TPSA) is 40.6 Å². The average molecular weight is 311 g/mol. The number of pyridine rings is 1. The summed E-state index contributed by atoms with van der Waals surface area (Å²) in [6.07, 6.45) is 1.85. The largest absolute Gasteiger partial charge is 0.514 e. The monoisotopic (exact) mass is 311 g/mol. The maximum absolute atomic E-state index is 6.02. The highest BCUT2D eigenvalue weighted by atomic mass is 16.7. The minimum atomic E-state index is -0.426. The van der Waals surface area contributed by atoms with Gasteiger partial charge in [0, 0.05) is 6.20 Å². The number of aromatic nitrogens is 1. The van der Waals surface area contributed by atoms with Crippen molar-refractivity contribution < 1.29 is 14.0 Å². The lowest BCUT2D eigenvalue weighted by Gasteiger charge is -2.32. The second-order valence-corrected chi connectivity index (χ2v) is 6.79. The fourth-order valence-corrected chi connectivity index (χ4v) is 2.46. The van der Waals surface area contributed by atoms with Gasteiger partial charge in [0.2, 0.25) is 0 Å². The van der Waals surface area contributed by atoms with Crippen LogP contribution < -0.4 is 10.3 Å². The Hall–Kier alpha value is -1.85. The molecule has 1 aliphatic heterocycles. The van der Waals surface area contributed by atoms with Gasteiger partial charge in [-0.2, -0.15) is 0 Å². The Kier molecular flexibility index (Phi) is 3.94. The first-order valence-corrected chi connectivity index (χ1v) is 7.78. The molecular weight excluding hydrogens is 289 g/mol. The van der Waals surface area contributed by atoms with E-state index in [4.69, 9.17) is 14.0 Å². The normalized spacial score (nSPS) is 18.9. The molecule has 0 aliphatic carbocycles. The Morgan fingerprint density at radius 1 is 0.870 bits per heavy atom. The van der Waals surface area contributed by atoms with Gasteiger partial charge in [-0.3, -0.25) is 4.98 Å². The van der Waals surface area contributed by atoms with Crippen molar-refractivity contribution in [2.45, 2.75) is 38.9 Å². The lowest BCUT2D eigenvalue weighted by molar-refractivity contribution is 0.00578. The molecule has 0 spiro atoms. The van der Waals surface area contributed by atoms with Crippen molar-refractivity contribution in [1.82, 2.24) is 4.98 Å². The van der Waals surface area contributed by atoms with Gasteiger partial charge < -0.3 is 14.0 Å². The molecule has 23 heavy (non-hydrogen) atoms. The highest BCUT2D eigenvalue weighted by Gasteiger charge is 2.52. The Labute approximate surface area is 137 Å². The molecule has 0 radical (unpaired) electrons. The maximum Gasteiger partial charge on any atom is 0.514 e. The van der Waals surface area contributed by atoms with Crippen LogP contribution in [0, 0.1) is 0 Å². The van der Waals surface area contributed by atoms with Gasteiger partial charge >= 0.3 is 7.12 Å². The number of ether oxygens (including phenoxy) is 1. The minimum absolute atomic E-state index is 0.353. The Morgan fingerprint density at radius 2 is 1.43 bits per heavy atom. The zero-order valence-electron chi connectivity index (χ0n) is 14.3. The first-order valence-electron chi connectivity index (χ1n) is 7.78. The van der Waals surface area contributed by atoms with Crippen LogP contribution in [0.25, 0.3) is 11.1 Å². The molecular formula is C18H22BNO3. The van der Waals surface area contributed by atoms with E-state index in [0.717, 1.165) is 22.5 Å². The SMILES string of the molecule is COc1ccc(-c2ccc(B3OC(C)(C)C(C)(C)O3)nc2)cc1. The van der Waals surface area contributed by atoms with Gasteiger partial charge in [0.15, 0.2) is 0 Å². The molecule has 0 saturated carbocycles. The first kappa shape index (κ1) is 16.0. The molecule has 0 unspecified atom stereocenters. The van der Waals surface area contributed by atoms with Crippen molar-refractivity contribution >= 4 is 12.7 Å². The van der Waals surface area contributed by atoms with Crippen molar-refractivity contribution in [3.05, 3.63) is 42.6 Å². The summed E-state index contributed by atoms with van der Waals surface area (Å²) in [7, 11) is 1.24. The number of rotatable bonds is 3. The lowest BCUT2D eigenvalue weighted by Crippen LogP contribution is -2.41. The second kappa shape index (κ2) is 5.66. The molecule has 0 atom stereocenters. The molecule has 1 aromatic carbocycles. The van der Waals surface area contributed by atoms with Crippen molar-refractivity contribution in [3.8, 4) is 16.9 Å². The maximum atomic E-state index is 6.02. The summed E-state index contributed by atoms with van der Waals surface area (Å²) in [5, 5.41) is 0. The van der Waals surface area contributed by atoms with Crippen molar-refractivity contribution in [2.24, 2.45) is 0 Å². The van der Waals surface area contributed by atoms with Crippen LogP contribution in [0.5, 0.6) is 5.75 Å². The fourth-order valence-electron chi connectivity index (χ4n) is 2.46. The molecule has 1 fully saturated rings. The molecule has 1 aromatic heterocycles. The van der Waals surface area contributed by atoms with Gasteiger partial charge in [-0.25, -0.2) is 0 Å². The van der Waals surface area contributed by atoms with E-state index in [0.29, 0.717) is 0 Å². The molecule has 1 aliphatic rings. The van der Waals surface area contributed by atoms with E-state index in [1.807, 2.05) is 70.3 Å². The molecule has 0 N–H and O–H groups in total. The van der Waals surface area contributed by atoms with Crippen molar-refractivity contribution in [3.63, 3.8) is 0 Å². The van der Waals surface area contributed by atoms with Gasteiger partial charge in [0.1, 0.15) is 5.75 Å². The van der Waals surface area contributed by atoms with Crippen LogP contribution in [0.15, 0.2) is 42.6 Å². The third-order valence-corrected chi connectivity index (χ3v) is 4.70. The number of methoxy groups -OCH3 is 1. The highest BCUT2D eigenvalue weighted by Crippen LogP contribution is 2.36. The van der Waals surface area contributed by atoms with Gasteiger partial charge in [0.25, 0.3) is 0 Å². The smallest absolute Gasteiger partial charge is 0.497 e. The summed E-state index contributed by atoms with van der Waals surface area (Å²) in [5.74, 6) is 0.843. The van der Waals surface area contributed by atoms with Crippen LogP contribution in [0.4, 0.5) is 0 Å². The van der Waals surface area contributed by atoms with Gasteiger partial charge in [-0.05, 0) is 57.0 Å². The second-order valence-electron chi connectivity index (χ2n) is 6.79. The summed E-state index contributed by atoms with van der Waals surface area (Å²) >= 11 is 0. The Balaban J connectivity index is 1.80. The van der Waals surface area contributed by atoms with E-state index >= 15 is 0 Å². The molecule has 120 valence electrons. The van der Waals surface area contributed by atoms with E-state index in [1.165, 1.54) is 0 Å². The summed E-state index contributed by atoms with van der Waals surface area (Å²) in [6.45, 7) is 8.16. The number of hydrogen-bond donors (Lipinski definition) is 0. The minimum Gasteiger partial charge on any atom is -0.497 e. The predicted molar refractivity (Wildman–Crippen MR) is 91.9 cm³/mol. The molecule has 0 bridgehead atoms. The molecule has 1 saturated heterocycles. The summed E-state index contributed by atoms with van der Waals surface area (Å²) in [6, 6.07) is 11.9. The Bertz CT molecular complexity index is 664. The summed E-state index contributed by atoms with van der Waals surface area (Å²) < 4.78 is 17.2. The number of hydrogen-bond acceptors (Lipinski definition) is 4. The predicted octanol–water partition coefficient (Wildman–Crippen LogP) is 3.06. The average Bonchev–Trinajstić information content (AvgIpc) is 2.76. The van der Waals surface area contributed by atoms with Gasteiger partial charge in [-0.15, -0.1) is 0 Å².